The third-order valence-corrected chi connectivity index (χ3v) is 8.04. The fourth-order valence-electron chi connectivity index (χ4n) is 4.01. The predicted molar refractivity (Wildman–Crippen MR) is 119 cm³/mol. The van der Waals surface area contributed by atoms with Crippen LogP contribution < -0.4 is 10.1 Å². The van der Waals surface area contributed by atoms with Crippen LogP contribution in [0.2, 0.25) is 0 Å². The zero-order valence-electron chi connectivity index (χ0n) is 17.5. The van der Waals surface area contributed by atoms with Crippen LogP contribution in [-0.2, 0) is 29.4 Å². The Morgan fingerprint density at radius 3 is 2.48 bits per heavy atom. The third kappa shape index (κ3) is 4.93. The minimum atomic E-state index is -3.38. The zero-order valence-corrected chi connectivity index (χ0v) is 18.4. The number of ether oxygens (including phenoxy) is 1. The standard InChI is InChI=1S/C24H28N2O4S/c27-24(25-21-6-7-21)19-4-1-18(2-5-19)16-26(22-8-9-22)31(28,29)14-12-17-3-10-23-20(15-17)11-13-30-23/h1-5,10,15,21-22H,6-9,11-14,16H2,(H,25,27). The van der Waals surface area contributed by atoms with E-state index in [1.165, 1.54) is 5.56 Å². The lowest BCUT2D eigenvalue weighted by Gasteiger charge is -2.22. The topological polar surface area (TPSA) is 75.7 Å². The molecule has 0 bridgehead atoms. The van der Waals surface area contributed by atoms with E-state index in [1.54, 1.807) is 16.4 Å². The number of carbonyl (C=O) groups is 1. The maximum atomic E-state index is 13.2. The molecule has 6 nitrogen and oxygen atoms in total. The van der Waals surface area contributed by atoms with Crippen molar-refractivity contribution in [2.75, 3.05) is 12.4 Å². The lowest BCUT2D eigenvalue weighted by molar-refractivity contribution is 0.0951. The van der Waals surface area contributed by atoms with E-state index in [0.717, 1.165) is 49.0 Å². The number of benzene rings is 2. The fourth-order valence-corrected chi connectivity index (χ4v) is 5.75. The first-order chi connectivity index (χ1) is 15.0. The van der Waals surface area contributed by atoms with Crippen molar-refractivity contribution in [2.24, 2.45) is 0 Å². The molecule has 0 atom stereocenters. The first-order valence-electron chi connectivity index (χ1n) is 11.1. The van der Waals surface area contributed by atoms with Crippen molar-refractivity contribution in [2.45, 2.75) is 57.2 Å². The Kier molecular flexibility index (Phi) is 5.48. The Bertz CT molecular complexity index is 1070. The van der Waals surface area contributed by atoms with Gasteiger partial charge in [0.2, 0.25) is 10.0 Å². The van der Waals surface area contributed by atoms with Crippen LogP contribution >= 0.6 is 0 Å². The number of rotatable bonds is 9. The molecule has 2 saturated carbocycles. The van der Waals surface area contributed by atoms with Gasteiger partial charge in [-0.05, 0) is 67.0 Å². The van der Waals surface area contributed by atoms with Gasteiger partial charge >= 0.3 is 0 Å². The van der Waals surface area contributed by atoms with Crippen molar-refractivity contribution in [1.82, 2.24) is 9.62 Å². The summed E-state index contributed by atoms with van der Waals surface area (Å²) in [5.41, 5.74) is 3.74. The molecule has 0 radical (unpaired) electrons. The van der Waals surface area contributed by atoms with E-state index in [-0.39, 0.29) is 17.7 Å². The van der Waals surface area contributed by atoms with Crippen LogP contribution in [0.4, 0.5) is 0 Å². The molecule has 1 amide bonds. The van der Waals surface area contributed by atoms with Crippen molar-refractivity contribution >= 4 is 15.9 Å². The summed E-state index contributed by atoms with van der Waals surface area (Å²) in [7, 11) is -3.38. The minimum absolute atomic E-state index is 0.0551. The molecule has 7 heteroatoms. The molecule has 2 fully saturated rings. The molecule has 0 aromatic heterocycles. The number of amides is 1. The Morgan fingerprint density at radius 1 is 1.03 bits per heavy atom. The van der Waals surface area contributed by atoms with E-state index < -0.39 is 10.0 Å². The fraction of sp³-hybridized carbons (Fsp3) is 0.458. The van der Waals surface area contributed by atoms with Crippen LogP contribution in [0, 0.1) is 0 Å². The van der Waals surface area contributed by atoms with Gasteiger partial charge in [0.15, 0.2) is 0 Å². The molecular weight excluding hydrogens is 412 g/mol. The van der Waals surface area contributed by atoms with Gasteiger partial charge in [0.25, 0.3) is 5.91 Å². The molecule has 0 unspecified atom stereocenters. The summed E-state index contributed by atoms with van der Waals surface area (Å²) in [4.78, 5) is 12.2. The van der Waals surface area contributed by atoms with Crippen molar-refractivity contribution in [1.29, 1.82) is 0 Å². The van der Waals surface area contributed by atoms with E-state index in [9.17, 15) is 13.2 Å². The third-order valence-electron chi connectivity index (χ3n) is 6.18. The highest BCUT2D eigenvalue weighted by atomic mass is 32.2. The van der Waals surface area contributed by atoms with E-state index in [0.29, 0.717) is 31.2 Å². The second kappa shape index (κ2) is 8.28. The second-order valence-electron chi connectivity index (χ2n) is 8.83. The number of hydrogen-bond acceptors (Lipinski definition) is 4. The van der Waals surface area contributed by atoms with Gasteiger partial charge in [-0.2, -0.15) is 4.31 Å². The first-order valence-corrected chi connectivity index (χ1v) is 12.7. The van der Waals surface area contributed by atoms with E-state index in [4.69, 9.17) is 4.74 Å². The number of nitrogens with one attached hydrogen (secondary N) is 1. The molecule has 2 aliphatic carbocycles. The summed E-state index contributed by atoms with van der Waals surface area (Å²) in [5.74, 6) is 0.964. The number of hydrogen-bond donors (Lipinski definition) is 1. The number of fused-ring (bicyclic) bond motifs is 1. The Balaban J connectivity index is 1.23. The molecule has 3 aliphatic rings. The summed E-state index contributed by atoms with van der Waals surface area (Å²) in [6.07, 6.45) is 5.32. The van der Waals surface area contributed by atoms with Gasteiger partial charge in [-0.25, -0.2) is 8.42 Å². The average molecular weight is 441 g/mol. The van der Waals surface area contributed by atoms with E-state index in [1.807, 2.05) is 24.3 Å². The summed E-state index contributed by atoms with van der Waals surface area (Å²) >= 11 is 0. The summed E-state index contributed by atoms with van der Waals surface area (Å²) < 4.78 is 33.5. The summed E-state index contributed by atoms with van der Waals surface area (Å²) in [6.45, 7) is 1.06. The van der Waals surface area contributed by atoms with Crippen molar-refractivity contribution < 1.29 is 17.9 Å². The van der Waals surface area contributed by atoms with Crippen LogP contribution in [0.5, 0.6) is 5.75 Å². The predicted octanol–water partition coefficient (Wildman–Crippen LogP) is 3.05. The van der Waals surface area contributed by atoms with Gasteiger partial charge in [-0.3, -0.25) is 4.79 Å². The highest BCUT2D eigenvalue weighted by Crippen LogP contribution is 2.32. The van der Waals surface area contributed by atoms with Gasteiger partial charge in [0, 0.05) is 30.6 Å². The maximum absolute atomic E-state index is 13.2. The molecule has 2 aromatic rings. The van der Waals surface area contributed by atoms with Gasteiger partial charge in [-0.15, -0.1) is 0 Å². The van der Waals surface area contributed by atoms with Crippen molar-refractivity contribution in [3.05, 3.63) is 64.7 Å². The van der Waals surface area contributed by atoms with Crippen LogP contribution in [0.15, 0.2) is 42.5 Å². The molecule has 1 aliphatic heterocycles. The number of aryl methyl sites for hydroxylation is 1. The van der Waals surface area contributed by atoms with Gasteiger partial charge in [-0.1, -0.05) is 24.3 Å². The lowest BCUT2D eigenvalue weighted by Crippen LogP contribution is -2.35. The highest BCUT2D eigenvalue weighted by Gasteiger charge is 2.37. The SMILES string of the molecule is O=C(NC1CC1)c1ccc(CN(C2CC2)S(=O)(=O)CCc2ccc3c(c2)CCO3)cc1. The van der Waals surface area contributed by atoms with Gasteiger partial charge < -0.3 is 10.1 Å². The molecule has 0 spiro atoms. The van der Waals surface area contributed by atoms with Crippen molar-refractivity contribution in [3.63, 3.8) is 0 Å². The van der Waals surface area contributed by atoms with E-state index >= 15 is 0 Å². The van der Waals surface area contributed by atoms with Crippen LogP contribution in [0.3, 0.4) is 0 Å². The number of carbonyl (C=O) groups excluding carboxylic acids is 1. The zero-order chi connectivity index (χ0) is 21.4. The molecular formula is C24H28N2O4S. The molecule has 5 rings (SSSR count). The molecule has 164 valence electrons. The normalized spacial score (nSPS) is 18.0. The monoisotopic (exact) mass is 440 g/mol. The van der Waals surface area contributed by atoms with E-state index in [2.05, 4.69) is 11.4 Å². The van der Waals surface area contributed by atoms with Gasteiger partial charge in [0.1, 0.15) is 5.75 Å². The summed E-state index contributed by atoms with van der Waals surface area (Å²) in [6, 6.07) is 13.7. The Hall–Kier alpha value is -2.38. The highest BCUT2D eigenvalue weighted by molar-refractivity contribution is 7.89. The molecule has 31 heavy (non-hydrogen) atoms. The lowest BCUT2D eigenvalue weighted by atomic mass is 10.1. The first kappa shape index (κ1) is 20.5. The van der Waals surface area contributed by atoms with Gasteiger partial charge in [0.05, 0.1) is 12.4 Å². The summed E-state index contributed by atoms with van der Waals surface area (Å²) in [5, 5.41) is 2.98. The second-order valence-corrected chi connectivity index (χ2v) is 10.9. The molecule has 1 N–H and O–H groups in total. The molecule has 0 saturated heterocycles. The van der Waals surface area contributed by atoms with Crippen molar-refractivity contribution in [3.8, 4) is 5.75 Å². The quantitative estimate of drug-likeness (QED) is 0.650. The minimum Gasteiger partial charge on any atom is -0.493 e. The van der Waals surface area contributed by atoms with Crippen LogP contribution in [0.25, 0.3) is 0 Å². The smallest absolute Gasteiger partial charge is 0.251 e. The van der Waals surface area contributed by atoms with Crippen LogP contribution in [-0.4, -0.2) is 43.1 Å². The average Bonchev–Trinajstić information content (AvgIpc) is 3.70. The maximum Gasteiger partial charge on any atom is 0.251 e. The number of sulfonamides is 1. The largest absolute Gasteiger partial charge is 0.493 e. The number of nitrogens with zero attached hydrogens (tertiary/aromatic N) is 1. The molecule has 2 aromatic carbocycles. The Morgan fingerprint density at radius 2 is 1.77 bits per heavy atom. The molecule has 1 heterocycles. The Labute approximate surface area is 183 Å². The van der Waals surface area contributed by atoms with Crippen LogP contribution in [0.1, 0.15) is 52.7 Å².